The standard InChI is InChI=1S/C35H36N4O2/c1-4-26-17-19-39(20-18-26)31-22-32-30(21-25(31)2)34(37-38(32)3)29-15-16-33(40-23-27-11-7-5-8-12-27)36-35(29)41-24-28-13-9-6-10-14-28/h4-16,21-22,26H,1,17-20,23-24H2,2-3H3. The minimum absolute atomic E-state index is 0.400. The summed E-state index contributed by atoms with van der Waals surface area (Å²) < 4.78 is 14.4. The number of hydrogen-bond acceptors (Lipinski definition) is 5. The highest BCUT2D eigenvalue weighted by atomic mass is 16.5. The molecule has 0 spiro atoms. The average Bonchev–Trinajstić information content (AvgIpc) is 3.34. The molecule has 3 heterocycles. The Morgan fingerprint density at radius 2 is 1.54 bits per heavy atom. The van der Waals surface area contributed by atoms with Crippen LogP contribution in [0.5, 0.6) is 11.8 Å². The molecule has 5 aromatic rings. The molecule has 0 bridgehead atoms. The molecule has 0 radical (unpaired) electrons. The predicted molar refractivity (Wildman–Crippen MR) is 165 cm³/mol. The number of nitrogens with zero attached hydrogens (tertiary/aromatic N) is 4. The minimum atomic E-state index is 0.400. The topological polar surface area (TPSA) is 52.4 Å². The van der Waals surface area contributed by atoms with Crippen molar-refractivity contribution in [1.82, 2.24) is 14.8 Å². The molecule has 1 fully saturated rings. The van der Waals surface area contributed by atoms with Gasteiger partial charge >= 0.3 is 0 Å². The van der Waals surface area contributed by atoms with Gasteiger partial charge in [0.15, 0.2) is 0 Å². The van der Waals surface area contributed by atoms with Crippen molar-refractivity contribution in [1.29, 1.82) is 0 Å². The van der Waals surface area contributed by atoms with E-state index in [9.17, 15) is 0 Å². The number of fused-ring (bicyclic) bond motifs is 1. The maximum absolute atomic E-state index is 6.34. The van der Waals surface area contributed by atoms with Crippen LogP contribution in [-0.4, -0.2) is 27.9 Å². The molecule has 3 aromatic carbocycles. The SMILES string of the molecule is C=CC1CCN(c2cc3c(cc2C)c(-c2ccc(OCc4ccccc4)nc2OCc2ccccc2)nn3C)CC1. The molecule has 41 heavy (non-hydrogen) atoms. The molecule has 0 amide bonds. The molecule has 0 atom stereocenters. The molecule has 1 aliphatic rings. The van der Waals surface area contributed by atoms with Gasteiger partial charge in [-0.25, -0.2) is 0 Å². The second kappa shape index (κ2) is 11.9. The molecule has 6 nitrogen and oxygen atoms in total. The number of ether oxygens (including phenoxy) is 2. The lowest BCUT2D eigenvalue weighted by Gasteiger charge is -2.33. The van der Waals surface area contributed by atoms with Gasteiger partial charge in [0.25, 0.3) is 0 Å². The van der Waals surface area contributed by atoms with Crippen LogP contribution in [0.4, 0.5) is 5.69 Å². The molecular formula is C35H36N4O2. The van der Waals surface area contributed by atoms with Crippen molar-refractivity contribution in [2.24, 2.45) is 13.0 Å². The highest BCUT2D eigenvalue weighted by Crippen LogP contribution is 2.38. The van der Waals surface area contributed by atoms with Gasteiger partial charge in [-0.15, -0.1) is 6.58 Å². The fourth-order valence-corrected chi connectivity index (χ4v) is 5.57. The third kappa shape index (κ3) is 5.82. The van der Waals surface area contributed by atoms with Gasteiger partial charge in [0.2, 0.25) is 11.8 Å². The molecule has 2 aromatic heterocycles. The van der Waals surface area contributed by atoms with Crippen molar-refractivity contribution in [3.8, 4) is 23.0 Å². The first kappa shape index (κ1) is 26.6. The minimum Gasteiger partial charge on any atom is -0.473 e. The molecule has 1 aliphatic heterocycles. The number of hydrogen-bond donors (Lipinski definition) is 0. The van der Waals surface area contributed by atoms with E-state index in [1.165, 1.54) is 11.3 Å². The van der Waals surface area contributed by atoms with E-state index < -0.39 is 0 Å². The Morgan fingerprint density at radius 3 is 2.20 bits per heavy atom. The number of aromatic nitrogens is 3. The maximum atomic E-state index is 6.34. The van der Waals surface area contributed by atoms with Crippen LogP contribution in [0.25, 0.3) is 22.2 Å². The summed E-state index contributed by atoms with van der Waals surface area (Å²) in [4.78, 5) is 7.31. The Balaban J connectivity index is 1.34. The summed E-state index contributed by atoms with van der Waals surface area (Å²) in [6.45, 7) is 9.11. The van der Waals surface area contributed by atoms with Gasteiger partial charge in [0.05, 0.1) is 11.1 Å². The van der Waals surface area contributed by atoms with E-state index in [2.05, 4.69) is 36.6 Å². The van der Waals surface area contributed by atoms with Crippen molar-refractivity contribution in [2.45, 2.75) is 33.0 Å². The second-order valence-electron chi connectivity index (χ2n) is 10.7. The molecule has 6 rings (SSSR count). The molecule has 0 N–H and O–H groups in total. The van der Waals surface area contributed by atoms with Crippen LogP contribution in [0.3, 0.4) is 0 Å². The molecule has 6 heteroatoms. The van der Waals surface area contributed by atoms with Gasteiger partial charge in [-0.05, 0) is 60.6 Å². The summed E-state index contributed by atoms with van der Waals surface area (Å²) in [5, 5.41) is 6.06. The zero-order valence-electron chi connectivity index (χ0n) is 23.8. The number of anilines is 1. The number of allylic oxidation sites excluding steroid dienone is 1. The van der Waals surface area contributed by atoms with Crippen LogP contribution in [0.1, 0.15) is 29.5 Å². The fraction of sp³-hybridized carbons (Fsp3) is 0.257. The smallest absolute Gasteiger partial charge is 0.226 e. The summed E-state index contributed by atoms with van der Waals surface area (Å²) >= 11 is 0. The number of rotatable bonds is 9. The lowest BCUT2D eigenvalue weighted by molar-refractivity contribution is 0.268. The number of pyridine rings is 1. The Morgan fingerprint density at radius 1 is 0.878 bits per heavy atom. The van der Waals surface area contributed by atoms with E-state index in [1.807, 2.05) is 84.5 Å². The first-order valence-corrected chi connectivity index (χ1v) is 14.3. The summed E-state index contributed by atoms with van der Waals surface area (Å²) in [6, 6.07) is 28.7. The third-order valence-electron chi connectivity index (χ3n) is 7.92. The average molecular weight is 545 g/mol. The van der Waals surface area contributed by atoms with E-state index in [4.69, 9.17) is 19.6 Å². The zero-order valence-corrected chi connectivity index (χ0v) is 23.8. The van der Waals surface area contributed by atoms with Crippen LogP contribution in [0, 0.1) is 12.8 Å². The molecule has 0 unspecified atom stereocenters. The normalized spacial score (nSPS) is 13.9. The van der Waals surface area contributed by atoms with Crippen LogP contribution in [-0.2, 0) is 20.3 Å². The molecule has 208 valence electrons. The van der Waals surface area contributed by atoms with Gasteiger partial charge in [-0.1, -0.05) is 66.7 Å². The highest BCUT2D eigenvalue weighted by Gasteiger charge is 2.22. The Hall–Kier alpha value is -4.58. The first-order valence-electron chi connectivity index (χ1n) is 14.3. The lowest BCUT2D eigenvalue weighted by atomic mass is 9.96. The van der Waals surface area contributed by atoms with Gasteiger partial charge in [-0.3, -0.25) is 4.68 Å². The second-order valence-corrected chi connectivity index (χ2v) is 10.7. The summed E-state index contributed by atoms with van der Waals surface area (Å²) in [5.41, 5.74) is 7.46. The number of piperidine rings is 1. The van der Waals surface area contributed by atoms with E-state index in [0.717, 1.165) is 59.2 Å². The van der Waals surface area contributed by atoms with Crippen molar-refractivity contribution in [2.75, 3.05) is 18.0 Å². The van der Waals surface area contributed by atoms with E-state index in [-0.39, 0.29) is 0 Å². The van der Waals surface area contributed by atoms with Gasteiger partial charge in [0.1, 0.15) is 18.9 Å². The largest absolute Gasteiger partial charge is 0.473 e. The van der Waals surface area contributed by atoms with Crippen LogP contribution < -0.4 is 14.4 Å². The van der Waals surface area contributed by atoms with Gasteiger partial charge in [-0.2, -0.15) is 10.1 Å². The predicted octanol–water partition coefficient (Wildman–Crippen LogP) is 7.50. The van der Waals surface area contributed by atoms with Gasteiger partial charge < -0.3 is 14.4 Å². The Labute approximate surface area is 241 Å². The number of aryl methyl sites for hydroxylation is 2. The lowest BCUT2D eigenvalue weighted by Crippen LogP contribution is -2.33. The highest BCUT2D eigenvalue weighted by molar-refractivity contribution is 5.97. The van der Waals surface area contributed by atoms with Crippen molar-refractivity contribution >= 4 is 16.6 Å². The summed E-state index contributed by atoms with van der Waals surface area (Å²) in [5.74, 6) is 1.63. The van der Waals surface area contributed by atoms with E-state index in [1.54, 1.807) is 0 Å². The van der Waals surface area contributed by atoms with Crippen molar-refractivity contribution in [3.05, 3.63) is 114 Å². The monoisotopic (exact) mass is 544 g/mol. The number of benzene rings is 3. The van der Waals surface area contributed by atoms with Crippen LogP contribution in [0.2, 0.25) is 0 Å². The van der Waals surface area contributed by atoms with Crippen LogP contribution in [0.15, 0.2) is 97.6 Å². The van der Waals surface area contributed by atoms with E-state index >= 15 is 0 Å². The molecule has 0 aliphatic carbocycles. The van der Waals surface area contributed by atoms with Gasteiger partial charge in [0, 0.05) is 37.3 Å². The van der Waals surface area contributed by atoms with E-state index in [0.29, 0.717) is 30.9 Å². The Bertz CT molecular complexity index is 1640. The Kier molecular flexibility index (Phi) is 7.72. The third-order valence-corrected chi connectivity index (χ3v) is 7.92. The quantitative estimate of drug-likeness (QED) is 0.180. The van der Waals surface area contributed by atoms with Crippen LogP contribution >= 0.6 is 0 Å². The summed E-state index contributed by atoms with van der Waals surface area (Å²) in [7, 11) is 2.00. The molecule has 1 saturated heterocycles. The fourth-order valence-electron chi connectivity index (χ4n) is 5.57. The summed E-state index contributed by atoms with van der Waals surface area (Å²) in [6.07, 6.45) is 4.39. The van der Waals surface area contributed by atoms with Crippen molar-refractivity contribution < 1.29 is 9.47 Å². The molecular weight excluding hydrogens is 508 g/mol. The first-order chi connectivity index (χ1) is 20.1. The van der Waals surface area contributed by atoms with Crippen molar-refractivity contribution in [3.63, 3.8) is 0 Å². The zero-order chi connectivity index (χ0) is 28.2. The molecule has 0 saturated carbocycles. The maximum Gasteiger partial charge on any atom is 0.226 e.